The number of halogens is 1. The van der Waals surface area contributed by atoms with Crippen LogP contribution in [0.25, 0.3) is 0 Å². The Bertz CT molecular complexity index is 530. The number of carbonyl (C=O) groups is 2. The quantitative estimate of drug-likeness (QED) is 0.354. The summed E-state index contributed by atoms with van der Waals surface area (Å²) in [5.74, 6) is 0. The fourth-order valence-corrected chi connectivity index (χ4v) is 2.13. The van der Waals surface area contributed by atoms with Gasteiger partial charge in [0.1, 0.15) is 18.0 Å². The molecule has 22 heavy (non-hydrogen) atoms. The Balaban J connectivity index is 0.00000242. The van der Waals surface area contributed by atoms with Crippen LogP contribution in [-0.2, 0) is 11.8 Å². The molecule has 0 aromatic carbocycles. The van der Waals surface area contributed by atoms with Crippen LogP contribution in [0.5, 0.6) is 0 Å². The molecule has 0 bridgehead atoms. The molecule has 0 N–H and O–H groups in total. The second-order valence-corrected chi connectivity index (χ2v) is 6.22. The first-order valence-electron chi connectivity index (χ1n) is 7.07. The molecule has 2 rings (SSSR count). The highest BCUT2D eigenvalue weighted by atomic mass is 127. The molecule has 7 nitrogen and oxygen atoms in total. The van der Waals surface area contributed by atoms with Crippen molar-refractivity contribution in [2.75, 3.05) is 26.2 Å². The molecule has 1 aliphatic rings. The van der Waals surface area contributed by atoms with Crippen LogP contribution in [-0.4, -0.2) is 58.3 Å². The highest BCUT2D eigenvalue weighted by Gasteiger charge is 2.29. The zero-order valence-electron chi connectivity index (χ0n) is 13.5. The number of hydrogen-bond acceptors (Lipinski definition) is 3. The molecule has 0 radical (unpaired) electrons. The topological polar surface area (TPSA) is 58.7 Å². The second kappa shape index (κ2) is 7.30. The normalized spacial score (nSPS) is 15.3. The number of imidazole rings is 1. The van der Waals surface area contributed by atoms with Gasteiger partial charge in [0.25, 0.3) is 6.33 Å². The molecular weight excluding hydrogens is 399 g/mol. The molecule has 1 aliphatic heterocycles. The largest absolute Gasteiger partial charge is 1.00 e. The first-order chi connectivity index (χ1) is 9.76. The van der Waals surface area contributed by atoms with E-state index in [1.807, 2.05) is 38.6 Å². The van der Waals surface area contributed by atoms with Crippen molar-refractivity contribution in [2.24, 2.45) is 7.05 Å². The summed E-state index contributed by atoms with van der Waals surface area (Å²) in [5, 5.41) is 0. The molecule has 0 aliphatic carbocycles. The summed E-state index contributed by atoms with van der Waals surface area (Å²) in [6.45, 7) is 7.55. The van der Waals surface area contributed by atoms with Gasteiger partial charge in [0, 0.05) is 26.2 Å². The Labute approximate surface area is 147 Å². The predicted molar refractivity (Wildman–Crippen MR) is 75.8 cm³/mol. The maximum Gasteiger partial charge on any atom is 0.415 e. The van der Waals surface area contributed by atoms with Gasteiger partial charge >= 0.3 is 12.1 Å². The standard InChI is InChI=1S/C14H23N4O3.HI/c1-14(2,3)21-13(20)17-9-7-16(8-10-17)12(19)18-6-5-15(4)11-18;/h5-6,11H,7-10H2,1-4H3;1H/q+1;/p-1. The van der Waals surface area contributed by atoms with Gasteiger partial charge in [0.15, 0.2) is 0 Å². The number of carbonyl (C=O) groups excluding carboxylic acids is 2. The number of piperazine rings is 1. The summed E-state index contributed by atoms with van der Waals surface area (Å²) >= 11 is 0. The van der Waals surface area contributed by atoms with Crippen molar-refractivity contribution in [1.82, 2.24) is 14.4 Å². The molecule has 2 heterocycles. The van der Waals surface area contributed by atoms with E-state index in [-0.39, 0.29) is 36.1 Å². The molecule has 0 spiro atoms. The van der Waals surface area contributed by atoms with Gasteiger partial charge in [0.2, 0.25) is 0 Å². The zero-order valence-corrected chi connectivity index (χ0v) is 15.6. The van der Waals surface area contributed by atoms with E-state index in [2.05, 4.69) is 0 Å². The number of hydrogen-bond donors (Lipinski definition) is 0. The lowest BCUT2D eigenvalue weighted by Crippen LogP contribution is -3.00. The van der Waals surface area contributed by atoms with Crippen LogP contribution in [0.15, 0.2) is 18.7 Å². The SMILES string of the molecule is C[n+]1ccn(C(=O)N2CCN(C(=O)OC(C)(C)C)CC2)c1.[I-]. The van der Waals surface area contributed by atoms with E-state index in [1.54, 1.807) is 26.9 Å². The third kappa shape index (κ3) is 4.85. The van der Waals surface area contributed by atoms with Crippen LogP contribution in [0.2, 0.25) is 0 Å². The highest BCUT2D eigenvalue weighted by molar-refractivity contribution is 5.77. The average Bonchev–Trinajstić information content (AvgIpc) is 2.83. The number of amides is 2. The van der Waals surface area contributed by atoms with Gasteiger partial charge in [-0.2, -0.15) is 4.57 Å². The van der Waals surface area contributed by atoms with Crippen molar-refractivity contribution in [3.63, 3.8) is 0 Å². The van der Waals surface area contributed by atoms with Gasteiger partial charge < -0.3 is 38.5 Å². The van der Waals surface area contributed by atoms with Crippen molar-refractivity contribution < 1.29 is 42.9 Å². The van der Waals surface area contributed by atoms with E-state index in [0.29, 0.717) is 26.2 Å². The van der Waals surface area contributed by atoms with E-state index in [1.165, 1.54) is 0 Å². The summed E-state index contributed by atoms with van der Waals surface area (Å²) < 4.78 is 8.69. The third-order valence-electron chi connectivity index (χ3n) is 3.19. The minimum atomic E-state index is -0.496. The van der Waals surface area contributed by atoms with Crippen LogP contribution in [0, 0.1) is 0 Å². The van der Waals surface area contributed by atoms with Crippen LogP contribution in [0.3, 0.4) is 0 Å². The molecule has 0 saturated carbocycles. The molecule has 124 valence electrons. The van der Waals surface area contributed by atoms with Gasteiger partial charge in [-0.3, -0.25) is 0 Å². The third-order valence-corrected chi connectivity index (χ3v) is 3.19. The summed E-state index contributed by atoms with van der Waals surface area (Å²) in [4.78, 5) is 27.6. The highest BCUT2D eigenvalue weighted by Crippen LogP contribution is 2.12. The lowest BCUT2D eigenvalue weighted by Gasteiger charge is -2.34. The first-order valence-corrected chi connectivity index (χ1v) is 7.07. The Hall–Kier alpha value is -1.32. The lowest BCUT2D eigenvalue weighted by atomic mass is 10.2. The number of ether oxygens (including phenoxy) is 1. The van der Waals surface area contributed by atoms with E-state index in [0.717, 1.165) is 0 Å². The molecule has 1 aromatic heterocycles. The fourth-order valence-electron chi connectivity index (χ4n) is 2.13. The number of nitrogens with zero attached hydrogens (tertiary/aromatic N) is 4. The van der Waals surface area contributed by atoms with Gasteiger partial charge in [-0.15, -0.1) is 0 Å². The van der Waals surface area contributed by atoms with Crippen molar-refractivity contribution in [2.45, 2.75) is 26.4 Å². The lowest BCUT2D eigenvalue weighted by molar-refractivity contribution is -0.670. The molecular formula is C14H23IN4O3. The Morgan fingerprint density at radius 2 is 1.64 bits per heavy atom. The van der Waals surface area contributed by atoms with Gasteiger partial charge in [-0.1, -0.05) is 0 Å². The fraction of sp³-hybridized carbons (Fsp3) is 0.643. The van der Waals surface area contributed by atoms with Crippen LogP contribution in [0.1, 0.15) is 20.8 Å². The van der Waals surface area contributed by atoms with E-state index in [9.17, 15) is 9.59 Å². The van der Waals surface area contributed by atoms with Crippen LogP contribution < -0.4 is 28.5 Å². The van der Waals surface area contributed by atoms with Crippen molar-refractivity contribution in [3.8, 4) is 0 Å². The first kappa shape index (κ1) is 18.7. The molecule has 0 atom stereocenters. The summed E-state index contributed by atoms with van der Waals surface area (Å²) in [6, 6.07) is -0.0700. The van der Waals surface area contributed by atoms with E-state index in [4.69, 9.17) is 4.74 Å². The molecule has 2 amide bonds. The predicted octanol–water partition coefficient (Wildman–Crippen LogP) is -2.16. The molecule has 1 aromatic rings. The Kier molecular flexibility index (Phi) is 6.21. The summed E-state index contributed by atoms with van der Waals surface area (Å²) in [5.41, 5.74) is -0.496. The number of rotatable bonds is 0. The van der Waals surface area contributed by atoms with Crippen molar-refractivity contribution >= 4 is 12.1 Å². The minimum Gasteiger partial charge on any atom is -1.00 e. The number of aryl methyl sites for hydroxylation is 1. The average molecular weight is 422 g/mol. The Morgan fingerprint density at radius 3 is 2.09 bits per heavy atom. The van der Waals surface area contributed by atoms with Crippen LogP contribution in [0.4, 0.5) is 9.59 Å². The van der Waals surface area contributed by atoms with E-state index < -0.39 is 5.60 Å². The molecule has 0 unspecified atom stereocenters. The molecule has 1 saturated heterocycles. The monoisotopic (exact) mass is 422 g/mol. The second-order valence-electron chi connectivity index (χ2n) is 6.22. The summed E-state index contributed by atoms with van der Waals surface area (Å²) in [6.07, 6.45) is 4.95. The molecule has 8 heteroatoms. The smallest absolute Gasteiger partial charge is 0.415 e. The van der Waals surface area contributed by atoms with Gasteiger partial charge in [-0.25, -0.2) is 14.2 Å². The van der Waals surface area contributed by atoms with Crippen LogP contribution >= 0.6 is 0 Å². The van der Waals surface area contributed by atoms with Crippen molar-refractivity contribution in [1.29, 1.82) is 0 Å². The number of aromatic nitrogens is 2. The molecule has 1 fully saturated rings. The maximum absolute atomic E-state index is 12.3. The summed E-state index contributed by atoms with van der Waals surface area (Å²) in [7, 11) is 1.87. The maximum atomic E-state index is 12.3. The Morgan fingerprint density at radius 1 is 1.09 bits per heavy atom. The van der Waals surface area contributed by atoms with Gasteiger partial charge in [0.05, 0.1) is 7.05 Å². The zero-order chi connectivity index (χ0) is 15.6. The van der Waals surface area contributed by atoms with Gasteiger partial charge in [-0.05, 0) is 20.8 Å². The van der Waals surface area contributed by atoms with Crippen molar-refractivity contribution in [3.05, 3.63) is 18.7 Å². The minimum absolute atomic E-state index is 0. The van der Waals surface area contributed by atoms with E-state index >= 15 is 0 Å².